The van der Waals surface area contributed by atoms with Gasteiger partial charge in [0.25, 0.3) is 0 Å². The van der Waals surface area contributed by atoms with Gasteiger partial charge >= 0.3 is 0 Å². The number of aromatic nitrogens is 2. The summed E-state index contributed by atoms with van der Waals surface area (Å²) in [6.07, 6.45) is 5.49. The van der Waals surface area contributed by atoms with E-state index < -0.39 is 0 Å². The summed E-state index contributed by atoms with van der Waals surface area (Å²) in [7, 11) is 0. The fraction of sp³-hybridized carbons (Fsp3) is 0.211. The standard InChI is InChI=1S/C19H20N2O2/c1-16(17-5-3-2-4-6-17)23-19-9-7-18(8-10-19)22-14-13-21-12-11-20-15-21/h2-12,15-16H,13-14H2,1H3. The second kappa shape index (κ2) is 7.49. The van der Waals surface area contributed by atoms with Gasteiger partial charge in [0.05, 0.1) is 12.9 Å². The second-order valence-corrected chi connectivity index (χ2v) is 5.29. The molecule has 4 heteroatoms. The molecular formula is C19H20N2O2. The van der Waals surface area contributed by atoms with Crippen LogP contribution in [0.1, 0.15) is 18.6 Å². The Hall–Kier alpha value is -2.75. The van der Waals surface area contributed by atoms with Crippen LogP contribution in [-0.2, 0) is 6.54 Å². The van der Waals surface area contributed by atoms with E-state index in [0.29, 0.717) is 6.61 Å². The topological polar surface area (TPSA) is 36.3 Å². The highest BCUT2D eigenvalue weighted by Gasteiger charge is 2.06. The quantitative estimate of drug-likeness (QED) is 0.659. The van der Waals surface area contributed by atoms with Crippen molar-refractivity contribution >= 4 is 0 Å². The fourth-order valence-corrected chi connectivity index (χ4v) is 2.30. The molecule has 1 atom stereocenters. The van der Waals surface area contributed by atoms with E-state index in [0.717, 1.165) is 23.6 Å². The number of hydrogen-bond donors (Lipinski definition) is 0. The Morgan fingerprint density at radius 3 is 2.43 bits per heavy atom. The molecule has 0 N–H and O–H groups in total. The highest BCUT2D eigenvalue weighted by molar-refractivity contribution is 5.32. The van der Waals surface area contributed by atoms with Crippen molar-refractivity contribution in [2.45, 2.75) is 19.6 Å². The SMILES string of the molecule is CC(Oc1ccc(OCCn2ccnc2)cc1)c1ccccc1. The fourth-order valence-electron chi connectivity index (χ4n) is 2.30. The van der Waals surface area contributed by atoms with Crippen LogP contribution < -0.4 is 9.47 Å². The van der Waals surface area contributed by atoms with Crippen molar-refractivity contribution in [3.63, 3.8) is 0 Å². The van der Waals surface area contributed by atoms with Gasteiger partial charge in [0.1, 0.15) is 24.2 Å². The maximum absolute atomic E-state index is 5.95. The average Bonchev–Trinajstić information content (AvgIpc) is 3.11. The summed E-state index contributed by atoms with van der Waals surface area (Å²) in [5, 5.41) is 0. The van der Waals surface area contributed by atoms with E-state index in [1.807, 2.05) is 60.2 Å². The van der Waals surface area contributed by atoms with Gasteiger partial charge in [-0.1, -0.05) is 30.3 Å². The highest BCUT2D eigenvalue weighted by atomic mass is 16.5. The maximum atomic E-state index is 5.95. The third-order valence-electron chi connectivity index (χ3n) is 3.58. The zero-order valence-electron chi connectivity index (χ0n) is 13.1. The molecule has 0 amide bonds. The summed E-state index contributed by atoms with van der Waals surface area (Å²) in [6, 6.07) is 17.9. The van der Waals surface area contributed by atoms with Crippen LogP contribution in [0.15, 0.2) is 73.3 Å². The van der Waals surface area contributed by atoms with E-state index in [4.69, 9.17) is 9.47 Å². The normalized spacial score (nSPS) is 11.9. The molecule has 0 fully saturated rings. The number of imidazole rings is 1. The zero-order valence-corrected chi connectivity index (χ0v) is 13.1. The van der Waals surface area contributed by atoms with E-state index in [1.165, 1.54) is 0 Å². The van der Waals surface area contributed by atoms with E-state index in [-0.39, 0.29) is 6.10 Å². The largest absolute Gasteiger partial charge is 0.492 e. The van der Waals surface area contributed by atoms with Gasteiger partial charge in [0.2, 0.25) is 0 Å². The molecule has 1 aromatic heterocycles. The second-order valence-electron chi connectivity index (χ2n) is 5.29. The van der Waals surface area contributed by atoms with Crippen LogP contribution in [-0.4, -0.2) is 16.2 Å². The van der Waals surface area contributed by atoms with Crippen molar-refractivity contribution < 1.29 is 9.47 Å². The van der Waals surface area contributed by atoms with Gasteiger partial charge in [-0.15, -0.1) is 0 Å². The van der Waals surface area contributed by atoms with Crippen LogP contribution in [0.2, 0.25) is 0 Å². The van der Waals surface area contributed by atoms with Gasteiger partial charge < -0.3 is 14.0 Å². The number of rotatable bonds is 7. The molecule has 118 valence electrons. The molecule has 0 saturated heterocycles. The predicted molar refractivity (Wildman–Crippen MR) is 89.6 cm³/mol. The number of ether oxygens (including phenoxy) is 2. The first-order valence-electron chi connectivity index (χ1n) is 7.71. The minimum Gasteiger partial charge on any atom is -0.492 e. The van der Waals surface area contributed by atoms with Crippen molar-refractivity contribution in [3.8, 4) is 11.5 Å². The molecule has 0 radical (unpaired) electrons. The lowest BCUT2D eigenvalue weighted by molar-refractivity contribution is 0.226. The zero-order chi connectivity index (χ0) is 15.9. The van der Waals surface area contributed by atoms with Crippen molar-refractivity contribution in [2.75, 3.05) is 6.61 Å². The first-order chi connectivity index (χ1) is 11.3. The van der Waals surface area contributed by atoms with E-state index in [2.05, 4.69) is 17.1 Å². The van der Waals surface area contributed by atoms with Crippen LogP contribution in [0.4, 0.5) is 0 Å². The molecule has 3 aromatic rings. The number of benzene rings is 2. The summed E-state index contributed by atoms with van der Waals surface area (Å²) in [5.41, 5.74) is 1.16. The van der Waals surface area contributed by atoms with Gasteiger partial charge in [-0.2, -0.15) is 0 Å². The highest BCUT2D eigenvalue weighted by Crippen LogP contribution is 2.23. The Labute approximate surface area is 136 Å². The van der Waals surface area contributed by atoms with Crippen LogP contribution in [0.5, 0.6) is 11.5 Å². The van der Waals surface area contributed by atoms with Crippen molar-refractivity contribution in [1.82, 2.24) is 9.55 Å². The van der Waals surface area contributed by atoms with Gasteiger partial charge in [-0.05, 0) is 36.8 Å². The molecule has 0 aliphatic heterocycles. The Morgan fingerprint density at radius 1 is 1.00 bits per heavy atom. The summed E-state index contributed by atoms with van der Waals surface area (Å²) in [4.78, 5) is 4.00. The minimum absolute atomic E-state index is 0.0178. The molecule has 23 heavy (non-hydrogen) atoms. The maximum Gasteiger partial charge on any atom is 0.121 e. The van der Waals surface area contributed by atoms with E-state index in [1.54, 1.807) is 12.5 Å². The molecule has 0 aliphatic carbocycles. The lowest BCUT2D eigenvalue weighted by Gasteiger charge is -2.15. The summed E-state index contributed by atoms with van der Waals surface area (Å²) in [6.45, 7) is 3.44. The van der Waals surface area contributed by atoms with Crippen LogP contribution >= 0.6 is 0 Å². The Bertz CT molecular complexity index is 694. The molecule has 0 saturated carbocycles. The summed E-state index contributed by atoms with van der Waals surface area (Å²) in [5.74, 6) is 1.67. The van der Waals surface area contributed by atoms with Gasteiger partial charge in [0.15, 0.2) is 0 Å². The van der Waals surface area contributed by atoms with E-state index >= 15 is 0 Å². The van der Waals surface area contributed by atoms with Crippen LogP contribution in [0.25, 0.3) is 0 Å². The molecular weight excluding hydrogens is 288 g/mol. The molecule has 4 nitrogen and oxygen atoms in total. The molecule has 0 bridgehead atoms. The first-order valence-corrected chi connectivity index (χ1v) is 7.71. The van der Waals surface area contributed by atoms with Gasteiger partial charge in [-0.3, -0.25) is 0 Å². The summed E-state index contributed by atoms with van der Waals surface area (Å²) >= 11 is 0. The number of hydrogen-bond acceptors (Lipinski definition) is 3. The number of nitrogens with zero attached hydrogens (tertiary/aromatic N) is 2. The minimum atomic E-state index is 0.0178. The van der Waals surface area contributed by atoms with Crippen LogP contribution in [0.3, 0.4) is 0 Å². The average molecular weight is 308 g/mol. The Balaban J connectivity index is 1.50. The van der Waals surface area contributed by atoms with Crippen LogP contribution in [0, 0.1) is 0 Å². The van der Waals surface area contributed by atoms with Crippen molar-refractivity contribution in [3.05, 3.63) is 78.9 Å². The Morgan fingerprint density at radius 2 is 1.74 bits per heavy atom. The van der Waals surface area contributed by atoms with Gasteiger partial charge in [-0.25, -0.2) is 4.98 Å². The first kappa shape index (κ1) is 15.2. The monoisotopic (exact) mass is 308 g/mol. The predicted octanol–water partition coefficient (Wildman–Crippen LogP) is 4.10. The lowest BCUT2D eigenvalue weighted by Crippen LogP contribution is -2.06. The molecule has 1 heterocycles. The Kier molecular flexibility index (Phi) is 4.94. The third-order valence-corrected chi connectivity index (χ3v) is 3.58. The molecule has 2 aromatic carbocycles. The molecule has 1 unspecified atom stereocenters. The third kappa shape index (κ3) is 4.36. The van der Waals surface area contributed by atoms with Crippen molar-refractivity contribution in [2.24, 2.45) is 0 Å². The molecule has 0 spiro atoms. The van der Waals surface area contributed by atoms with E-state index in [9.17, 15) is 0 Å². The molecule has 0 aliphatic rings. The summed E-state index contributed by atoms with van der Waals surface area (Å²) < 4.78 is 13.7. The molecule has 3 rings (SSSR count). The van der Waals surface area contributed by atoms with Crippen molar-refractivity contribution in [1.29, 1.82) is 0 Å². The lowest BCUT2D eigenvalue weighted by atomic mass is 10.1. The smallest absolute Gasteiger partial charge is 0.121 e. The van der Waals surface area contributed by atoms with Gasteiger partial charge in [0, 0.05) is 12.4 Å².